The van der Waals surface area contributed by atoms with Crippen LogP contribution >= 0.6 is 11.3 Å². The molecule has 2 aromatic heterocycles. The van der Waals surface area contributed by atoms with Gasteiger partial charge >= 0.3 is 0 Å². The summed E-state index contributed by atoms with van der Waals surface area (Å²) in [5, 5.41) is 6.42. The summed E-state index contributed by atoms with van der Waals surface area (Å²) in [6.45, 7) is 9.56. The van der Waals surface area contributed by atoms with Gasteiger partial charge in [-0.25, -0.2) is 4.98 Å². The molecule has 5 heteroatoms. The molecule has 0 spiro atoms. The Labute approximate surface area is 118 Å². The molecule has 0 unspecified atom stereocenters. The quantitative estimate of drug-likeness (QED) is 0.904. The molecule has 2 rings (SSSR count). The number of rotatable bonds is 5. The van der Waals surface area contributed by atoms with Gasteiger partial charge in [-0.2, -0.15) is 4.98 Å². The predicted octanol–water partition coefficient (Wildman–Crippen LogP) is 3.75. The Hall–Kier alpha value is -1.36. The summed E-state index contributed by atoms with van der Waals surface area (Å²) in [5.74, 6) is 1.72. The first-order valence-corrected chi connectivity index (χ1v) is 7.60. The summed E-state index contributed by atoms with van der Waals surface area (Å²) >= 11 is 1.66. The van der Waals surface area contributed by atoms with E-state index in [0.29, 0.717) is 5.95 Å². The topological polar surface area (TPSA) is 41.1 Å². The number of nitrogens with one attached hydrogen (secondary N) is 1. The van der Waals surface area contributed by atoms with Crippen molar-refractivity contribution in [3.05, 3.63) is 11.4 Å². The van der Waals surface area contributed by atoms with Gasteiger partial charge in [0.25, 0.3) is 0 Å². The highest BCUT2D eigenvalue weighted by atomic mass is 32.1. The second-order valence-corrected chi connectivity index (χ2v) is 6.16. The van der Waals surface area contributed by atoms with Crippen molar-refractivity contribution in [2.45, 2.75) is 39.7 Å². The molecule has 0 radical (unpaired) electrons. The van der Waals surface area contributed by atoms with E-state index in [1.807, 2.05) is 0 Å². The van der Waals surface area contributed by atoms with Crippen molar-refractivity contribution < 1.29 is 0 Å². The summed E-state index contributed by atoms with van der Waals surface area (Å²) in [7, 11) is 2.11. The summed E-state index contributed by atoms with van der Waals surface area (Å²) in [4.78, 5) is 12.5. The van der Waals surface area contributed by atoms with Gasteiger partial charge in [-0.1, -0.05) is 6.92 Å². The maximum Gasteiger partial charge on any atom is 0.226 e. The van der Waals surface area contributed by atoms with Crippen molar-refractivity contribution in [3.63, 3.8) is 0 Å². The minimum Gasteiger partial charge on any atom is -0.354 e. The highest BCUT2D eigenvalue weighted by Crippen LogP contribution is 2.32. The van der Waals surface area contributed by atoms with E-state index in [2.05, 4.69) is 66.4 Å². The first-order chi connectivity index (χ1) is 8.99. The lowest BCUT2D eigenvalue weighted by molar-refractivity contribution is 0.468. The first kappa shape index (κ1) is 14.1. The van der Waals surface area contributed by atoms with Crippen LogP contribution in [-0.4, -0.2) is 29.1 Å². The van der Waals surface area contributed by atoms with E-state index >= 15 is 0 Å². The van der Waals surface area contributed by atoms with Crippen LogP contribution in [0.4, 0.5) is 11.8 Å². The van der Waals surface area contributed by atoms with E-state index in [4.69, 9.17) is 0 Å². The zero-order chi connectivity index (χ0) is 14.0. The third kappa shape index (κ3) is 2.66. The van der Waals surface area contributed by atoms with Crippen molar-refractivity contribution in [2.24, 2.45) is 0 Å². The van der Waals surface area contributed by atoms with E-state index < -0.39 is 0 Å². The second kappa shape index (κ2) is 5.33. The molecule has 0 aliphatic heterocycles. The van der Waals surface area contributed by atoms with Crippen molar-refractivity contribution in [1.82, 2.24) is 9.97 Å². The molecule has 0 saturated carbocycles. The lowest BCUT2D eigenvalue weighted by Gasteiger charge is -2.36. The van der Waals surface area contributed by atoms with Crippen LogP contribution in [0.15, 0.2) is 11.4 Å². The number of anilines is 2. The van der Waals surface area contributed by atoms with Crippen LogP contribution in [-0.2, 0) is 0 Å². The van der Waals surface area contributed by atoms with E-state index in [1.165, 1.54) is 0 Å². The number of aromatic nitrogens is 2. The molecule has 19 heavy (non-hydrogen) atoms. The molecule has 0 amide bonds. The third-order valence-corrected chi connectivity index (χ3v) is 4.54. The van der Waals surface area contributed by atoms with E-state index in [1.54, 1.807) is 11.3 Å². The van der Waals surface area contributed by atoms with Gasteiger partial charge in [0.1, 0.15) is 10.6 Å². The molecule has 2 heterocycles. The maximum atomic E-state index is 4.69. The minimum absolute atomic E-state index is 0.0761. The summed E-state index contributed by atoms with van der Waals surface area (Å²) in [6, 6.07) is 2.10. The fourth-order valence-corrected chi connectivity index (χ4v) is 2.61. The van der Waals surface area contributed by atoms with Crippen molar-refractivity contribution in [3.8, 4) is 0 Å². The Bertz CT molecular complexity index is 562. The van der Waals surface area contributed by atoms with Crippen LogP contribution in [0.25, 0.3) is 10.2 Å². The summed E-state index contributed by atoms with van der Waals surface area (Å²) in [6.07, 6.45) is 1.07. The lowest BCUT2D eigenvalue weighted by Crippen LogP contribution is -2.41. The van der Waals surface area contributed by atoms with Gasteiger partial charge in [0.05, 0.1) is 5.39 Å². The highest BCUT2D eigenvalue weighted by Gasteiger charge is 2.25. The van der Waals surface area contributed by atoms with Gasteiger partial charge in [0.15, 0.2) is 0 Å². The smallest absolute Gasteiger partial charge is 0.226 e. The fraction of sp³-hybridized carbons (Fsp3) is 0.571. The van der Waals surface area contributed by atoms with Crippen molar-refractivity contribution >= 4 is 33.3 Å². The number of hydrogen-bond acceptors (Lipinski definition) is 5. The zero-order valence-electron chi connectivity index (χ0n) is 12.3. The van der Waals surface area contributed by atoms with E-state index in [-0.39, 0.29) is 5.54 Å². The SMILES string of the molecule is CCNc1nc(N(C)C(C)(C)CC)c2ccsc2n1. The number of thiophene rings is 1. The zero-order valence-corrected chi connectivity index (χ0v) is 13.1. The average molecular weight is 278 g/mol. The maximum absolute atomic E-state index is 4.69. The molecule has 0 saturated heterocycles. The lowest BCUT2D eigenvalue weighted by atomic mass is 10.00. The Morgan fingerprint density at radius 2 is 2.05 bits per heavy atom. The Balaban J connectivity index is 2.54. The number of hydrogen-bond donors (Lipinski definition) is 1. The fourth-order valence-electron chi connectivity index (χ4n) is 1.86. The third-order valence-electron chi connectivity index (χ3n) is 3.73. The molecule has 0 bridgehead atoms. The van der Waals surface area contributed by atoms with Gasteiger partial charge in [-0.3, -0.25) is 0 Å². The van der Waals surface area contributed by atoms with Crippen LogP contribution in [0.1, 0.15) is 34.1 Å². The monoisotopic (exact) mass is 278 g/mol. The molecule has 0 aliphatic rings. The molecule has 0 fully saturated rings. The normalized spacial score (nSPS) is 11.8. The summed E-state index contributed by atoms with van der Waals surface area (Å²) in [5.41, 5.74) is 0.0761. The van der Waals surface area contributed by atoms with Crippen LogP contribution in [0.3, 0.4) is 0 Å². The molecule has 4 nitrogen and oxygen atoms in total. The number of fused-ring (bicyclic) bond motifs is 1. The Morgan fingerprint density at radius 1 is 1.32 bits per heavy atom. The van der Waals surface area contributed by atoms with Gasteiger partial charge < -0.3 is 10.2 Å². The minimum atomic E-state index is 0.0761. The first-order valence-electron chi connectivity index (χ1n) is 6.72. The Kier molecular flexibility index (Phi) is 3.94. The molecule has 0 aliphatic carbocycles. The van der Waals surface area contributed by atoms with E-state index in [0.717, 1.165) is 29.0 Å². The van der Waals surface area contributed by atoms with Gasteiger partial charge in [0.2, 0.25) is 5.95 Å². The predicted molar refractivity (Wildman–Crippen MR) is 84.4 cm³/mol. The van der Waals surface area contributed by atoms with Crippen LogP contribution in [0.2, 0.25) is 0 Å². The van der Waals surface area contributed by atoms with Gasteiger partial charge in [-0.15, -0.1) is 11.3 Å². The van der Waals surface area contributed by atoms with Gasteiger partial charge in [-0.05, 0) is 38.6 Å². The molecule has 104 valence electrons. The molecule has 2 aromatic rings. The molecular weight excluding hydrogens is 256 g/mol. The molecule has 0 atom stereocenters. The standard InChI is InChI=1S/C14H22N4S/c1-6-14(3,4)18(5)11-10-8-9-19-12(10)17-13(16-11)15-7-2/h8-9H,6-7H2,1-5H3,(H,15,16,17). The Morgan fingerprint density at radius 3 is 2.68 bits per heavy atom. The number of nitrogens with zero attached hydrogens (tertiary/aromatic N) is 3. The van der Waals surface area contributed by atoms with Crippen molar-refractivity contribution in [2.75, 3.05) is 23.8 Å². The van der Waals surface area contributed by atoms with Crippen LogP contribution < -0.4 is 10.2 Å². The van der Waals surface area contributed by atoms with Crippen LogP contribution in [0, 0.1) is 0 Å². The molecule has 0 aromatic carbocycles. The van der Waals surface area contributed by atoms with Gasteiger partial charge in [0, 0.05) is 19.1 Å². The van der Waals surface area contributed by atoms with E-state index in [9.17, 15) is 0 Å². The molecule has 1 N–H and O–H groups in total. The second-order valence-electron chi connectivity index (χ2n) is 5.27. The average Bonchev–Trinajstić information content (AvgIpc) is 2.85. The highest BCUT2D eigenvalue weighted by molar-refractivity contribution is 7.16. The van der Waals surface area contributed by atoms with Crippen molar-refractivity contribution in [1.29, 1.82) is 0 Å². The summed E-state index contributed by atoms with van der Waals surface area (Å²) < 4.78 is 0. The molecular formula is C14H22N4S. The van der Waals surface area contributed by atoms with Crippen LogP contribution in [0.5, 0.6) is 0 Å². The largest absolute Gasteiger partial charge is 0.354 e.